The average Bonchev–Trinajstić information content (AvgIpc) is 3.55. The molecule has 3 aromatic rings. The van der Waals surface area contributed by atoms with E-state index in [0.29, 0.717) is 12.1 Å². The molecule has 0 spiro atoms. The van der Waals surface area contributed by atoms with E-state index >= 15 is 0 Å². The van der Waals surface area contributed by atoms with Gasteiger partial charge in [0.1, 0.15) is 16.5 Å². The molecule has 3 rings (SSSR count). The Kier molecular flexibility index (Phi) is 16.7. The van der Waals surface area contributed by atoms with E-state index in [2.05, 4.69) is 89.1 Å². The van der Waals surface area contributed by atoms with Crippen molar-refractivity contribution in [2.45, 2.75) is 99.4 Å². The molecule has 0 atom stereocenters. The first-order valence-corrected chi connectivity index (χ1v) is 24.5. The summed E-state index contributed by atoms with van der Waals surface area (Å²) < 4.78 is 30.1. The van der Waals surface area contributed by atoms with E-state index in [1.807, 2.05) is 11.6 Å². The molecular formula is C32H46BrFIN5OSn. The molecule has 0 bridgehead atoms. The van der Waals surface area contributed by atoms with Gasteiger partial charge in [-0.2, -0.15) is 15.5 Å². The molecule has 0 fully saturated rings. The first-order chi connectivity index (χ1) is 20.2. The van der Waals surface area contributed by atoms with Crippen molar-refractivity contribution in [1.29, 1.82) is 5.26 Å². The molecule has 2 aromatic heterocycles. The van der Waals surface area contributed by atoms with Crippen LogP contribution in [0.3, 0.4) is 0 Å². The van der Waals surface area contributed by atoms with Gasteiger partial charge in [-0.15, -0.1) is 0 Å². The van der Waals surface area contributed by atoms with Gasteiger partial charge in [0.25, 0.3) is 0 Å². The summed E-state index contributed by atoms with van der Waals surface area (Å²) in [5.74, 6) is -0.302. The van der Waals surface area contributed by atoms with E-state index in [1.54, 1.807) is 23.0 Å². The van der Waals surface area contributed by atoms with Gasteiger partial charge in [0.15, 0.2) is 5.69 Å². The number of halogens is 3. The van der Waals surface area contributed by atoms with E-state index in [4.69, 9.17) is 4.74 Å². The van der Waals surface area contributed by atoms with Gasteiger partial charge < -0.3 is 0 Å². The molecule has 6 nitrogen and oxygen atoms in total. The number of rotatable bonds is 16. The standard InChI is InChI=1S/C16H12BrFIN5.C4H7O.3C4H9.Sn/c1-2-23-16(17)10(9-21-23)5-13-7-12(8-20)22-24(13)15-4-3-11(18)6-14(15)19;1-3-5-4-2;3*1-3-4-2;/h3-4,6-7,9H,2,5H2,1H3;1,4H2,2H3;3*1,3-4H2,2H3;. The maximum atomic E-state index is 13.4. The molecule has 1 aromatic carbocycles. The summed E-state index contributed by atoms with van der Waals surface area (Å²) >= 11 is 3.38. The van der Waals surface area contributed by atoms with Crippen LogP contribution in [0.25, 0.3) is 5.69 Å². The largest absolute Gasteiger partial charge is 0.258 e. The van der Waals surface area contributed by atoms with E-state index in [1.165, 1.54) is 67.7 Å². The second kappa shape index (κ2) is 19.1. The Bertz CT molecular complexity index is 1300. The molecule has 230 valence electrons. The summed E-state index contributed by atoms with van der Waals surface area (Å²) in [5, 5.41) is 17.8. The van der Waals surface area contributed by atoms with Crippen LogP contribution in [0, 0.1) is 20.7 Å². The fourth-order valence-corrected chi connectivity index (χ4v) is 21.0. The number of unbranched alkanes of at least 4 members (excludes halogenated alkanes) is 3. The SMILES string of the molecule is C=[C](OCC)[Sn]([CH2]CCC)([CH2]CCC)[CH2]CCC.CCn1ncc(Cc2cc(C#N)nn2-c2ccc(F)cc2I)c1Br. The van der Waals surface area contributed by atoms with Gasteiger partial charge in [0.2, 0.25) is 0 Å². The van der Waals surface area contributed by atoms with Gasteiger partial charge in [-0.1, -0.05) is 0 Å². The Morgan fingerprint density at radius 3 is 2.17 bits per heavy atom. The molecule has 0 saturated heterocycles. The number of hydrogen-bond donors (Lipinski definition) is 0. The Balaban J connectivity index is 0.000000309. The number of hydrogen-bond acceptors (Lipinski definition) is 4. The quantitative estimate of drug-likeness (QED) is 0.0818. The Morgan fingerprint density at radius 2 is 1.69 bits per heavy atom. The summed E-state index contributed by atoms with van der Waals surface area (Å²) in [6, 6.07) is 8.31. The maximum absolute atomic E-state index is 13.4. The second-order valence-corrected chi connectivity index (χ2v) is 25.6. The zero-order valence-electron chi connectivity index (χ0n) is 25.9. The molecule has 0 radical (unpaired) electrons. The van der Waals surface area contributed by atoms with Crippen molar-refractivity contribution in [2.75, 3.05) is 6.61 Å². The Hall–Kier alpha value is -1.39. The fourth-order valence-electron chi connectivity index (χ4n) is 5.07. The van der Waals surface area contributed by atoms with Gasteiger partial charge in [-0.05, 0) is 69.7 Å². The summed E-state index contributed by atoms with van der Waals surface area (Å²) in [7, 11) is 0. The summed E-state index contributed by atoms with van der Waals surface area (Å²) in [4.78, 5) is 0. The van der Waals surface area contributed by atoms with E-state index in [-0.39, 0.29) is 5.82 Å². The number of benzene rings is 1. The predicted octanol–water partition coefficient (Wildman–Crippen LogP) is 9.98. The minimum absolute atomic E-state index is 0.302. The first-order valence-electron chi connectivity index (χ1n) is 15.2. The van der Waals surface area contributed by atoms with Crippen LogP contribution >= 0.6 is 38.5 Å². The third kappa shape index (κ3) is 10.4. The summed E-state index contributed by atoms with van der Waals surface area (Å²) in [5.41, 5.74) is 2.91. The Morgan fingerprint density at radius 1 is 1.07 bits per heavy atom. The zero-order valence-corrected chi connectivity index (χ0v) is 32.5. The van der Waals surface area contributed by atoms with E-state index in [0.717, 1.165) is 38.3 Å². The van der Waals surface area contributed by atoms with Crippen molar-refractivity contribution in [3.05, 3.63) is 71.8 Å². The molecular weight excluding hydrogens is 815 g/mol. The molecule has 0 aliphatic heterocycles. The average molecular weight is 861 g/mol. The smallest absolute Gasteiger partial charge is 0.163 e. The van der Waals surface area contributed by atoms with Gasteiger partial charge in [0.05, 0.1) is 17.6 Å². The van der Waals surface area contributed by atoms with Crippen molar-refractivity contribution in [3.8, 4) is 11.8 Å². The van der Waals surface area contributed by atoms with E-state index in [9.17, 15) is 9.65 Å². The minimum Gasteiger partial charge on any atom is -0.258 e. The van der Waals surface area contributed by atoms with Crippen LogP contribution in [0.5, 0.6) is 0 Å². The molecule has 0 amide bonds. The van der Waals surface area contributed by atoms with Crippen LogP contribution in [0.2, 0.25) is 13.3 Å². The minimum atomic E-state index is -2.24. The fraction of sp³-hybridized carbons (Fsp3) is 0.531. The van der Waals surface area contributed by atoms with Crippen molar-refractivity contribution in [1.82, 2.24) is 19.6 Å². The number of aromatic nitrogens is 4. The van der Waals surface area contributed by atoms with Crippen molar-refractivity contribution >= 4 is 56.9 Å². The van der Waals surface area contributed by atoms with Crippen molar-refractivity contribution in [2.24, 2.45) is 0 Å². The third-order valence-electron chi connectivity index (χ3n) is 7.49. The van der Waals surface area contributed by atoms with Crippen LogP contribution in [0.15, 0.2) is 45.4 Å². The van der Waals surface area contributed by atoms with E-state index < -0.39 is 18.4 Å². The van der Waals surface area contributed by atoms with Gasteiger partial charge in [0, 0.05) is 22.1 Å². The maximum Gasteiger partial charge on any atom is 0.163 e. The molecule has 0 unspecified atom stereocenters. The molecule has 42 heavy (non-hydrogen) atoms. The van der Waals surface area contributed by atoms with Crippen molar-refractivity contribution in [3.63, 3.8) is 0 Å². The van der Waals surface area contributed by atoms with Crippen molar-refractivity contribution < 1.29 is 9.13 Å². The number of nitrogens with zero attached hydrogens (tertiary/aromatic N) is 5. The topological polar surface area (TPSA) is 68.7 Å². The molecule has 2 heterocycles. The molecule has 0 N–H and O–H groups in total. The molecule has 10 heteroatoms. The molecule has 0 saturated carbocycles. The number of ether oxygens (including phenoxy) is 1. The van der Waals surface area contributed by atoms with Crippen LogP contribution < -0.4 is 0 Å². The number of aryl methyl sites for hydroxylation is 1. The monoisotopic (exact) mass is 861 g/mol. The van der Waals surface area contributed by atoms with Gasteiger partial charge in [-0.3, -0.25) is 4.68 Å². The van der Waals surface area contributed by atoms with Crippen LogP contribution in [0.1, 0.15) is 90.1 Å². The molecule has 0 aliphatic carbocycles. The zero-order chi connectivity index (χ0) is 31.1. The van der Waals surface area contributed by atoms with Gasteiger partial charge in [-0.25, -0.2) is 9.07 Å². The van der Waals surface area contributed by atoms with Crippen LogP contribution in [-0.4, -0.2) is 44.5 Å². The second-order valence-electron chi connectivity index (χ2n) is 10.5. The third-order valence-corrected chi connectivity index (χ3v) is 24.3. The summed E-state index contributed by atoms with van der Waals surface area (Å²) in [6.07, 6.45) is 10.5. The number of nitriles is 1. The predicted molar refractivity (Wildman–Crippen MR) is 185 cm³/mol. The van der Waals surface area contributed by atoms with Crippen LogP contribution in [-0.2, 0) is 17.7 Å². The summed E-state index contributed by atoms with van der Waals surface area (Å²) in [6.45, 7) is 16.9. The first kappa shape index (κ1) is 36.8. The van der Waals surface area contributed by atoms with Gasteiger partial charge >= 0.3 is 120 Å². The normalized spacial score (nSPS) is 11.1. The van der Waals surface area contributed by atoms with Crippen LogP contribution in [0.4, 0.5) is 4.39 Å². The molecule has 0 aliphatic rings. The Labute approximate surface area is 278 Å².